The molecular weight excluding hydrogens is 272 g/mol. The first-order chi connectivity index (χ1) is 10.6. The predicted octanol–water partition coefficient (Wildman–Crippen LogP) is 3.90. The molecule has 0 aromatic heterocycles. The van der Waals surface area contributed by atoms with Gasteiger partial charge in [0.15, 0.2) is 0 Å². The molecule has 1 aromatic carbocycles. The van der Waals surface area contributed by atoms with E-state index in [1.54, 1.807) is 0 Å². The molecule has 2 aliphatic rings. The van der Waals surface area contributed by atoms with Crippen LogP contribution in [0.15, 0.2) is 18.2 Å². The van der Waals surface area contributed by atoms with Gasteiger partial charge in [-0.2, -0.15) is 0 Å². The van der Waals surface area contributed by atoms with E-state index in [2.05, 4.69) is 35.3 Å². The van der Waals surface area contributed by atoms with Crippen LogP contribution in [0, 0.1) is 19.8 Å². The zero-order valence-corrected chi connectivity index (χ0v) is 13.9. The van der Waals surface area contributed by atoms with Gasteiger partial charge in [0.25, 0.3) is 0 Å². The van der Waals surface area contributed by atoms with Gasteiger partial charge in [0.05, 0.1) is 0 Å². The Morgan fingerprint density at radius 1 is 1.23 bits per heavy atom. The second kappa shape index (κ2) is 6.82. The second-order valence-electron chi connectivity index (χ2n) is 7.05. The molecule has 1 aliphatic carbocycles. The molecule has 2 fully saturated rings. The van der Waals surface area contributed by atoms with Gasteiger partial charge in [-0.05, 0) is 69.2 Å². The number of nitrogens with zero attached hydrogens (tertiary/aromatic N) is 1. The molecule has 22 heavy (non-hydrogen) atoms. The Hall–Kier alpha value is -1.35. The summed E-state index contributed by atoms with van der Waals surface area (Å²) in [6.07, 6.45) is 7.42. The van der Waals surface area contributed by atoms with Crippen molar-refractivity contribution in [1.29, 1.82) is 0 Å². The van der Waals surface area contributed by atoms with Crippen LogP contribution in [0.5, 0.6) is 0 Å². The van der Waals surface area contributed by atoms with E-state index >= 15 is 0 Å². The molecule has 120 valence electrons. The fourth-order valence-electron chi connectivity index (χ4n) is 4.16. The molecule has 2 atom stereocenters. The summed E-state index contributed by atoms with van der Waals surface area (Å²) in [5, 5.41) is 3.08. The van der Waals surface area contributed by atoms with E-state index in [9.17, 15) is 4.79 Å². The third kappa shape index (κ3) is 3.52. The minimum absolute atomic E-state index is 0.147. The zero-order chi connectivity index (χ0) is 15.5. The van der Waals surface area contributed by atoms with Crippen LogP contribution in [0.1, 0.15) is 49.7 Å². The van der Waals surface area contributed by atoms with Crippen molar-refractivity contribution in [2.75, 3.05) is 18.4 Å². The quantitative estimate of drug-likeness (QED) is 0.914. The SMILES string of the molecule is Cc1ccc(C)c(NC(=O)CCN2CCCC3CCCC32)c1. The highest BCUT2D eigenvalue weighted by Gasteiger charge is 2.34. The van der Waals surface area contributed by atoms with Gasteiger partial charge < -0.3 is 5.32 Å². The molecule has 0 bridgehead atoms. The van der Waals surface area contributed by atoms with Gasteiger partial charge in [-0.3, -0.25) is 9.69 Å². The maximum absolute atomic E-state index is 12.3. The Balaban J connectivity index is 1.52. The van der Waals surface area contributed by atoms with Gasteiger partial charge in [-0.15, -0.1) is 0 Å². The Morgan fingerprint density at radius 2 is 2.05 bits per heavy atom. The number of carbonyl (C=O) groups is 1. The van der Waals surface area contributed by atoms with Crippen LogP contribution < -0.4 is 5.32 Å². The Labute approximate surface area is 134 Å². The van der Waals surface area contributed by atoms with Crippen molar-refractivity contribution in [3.8, 4) is 0 Å². The monoisotopic (exact) mass is 300 g/mol. The predicted molar refractivity (Wildman–Crippen MR) is 91.1 cm³/mol. The lowest BCUT2D eigenvalue weighted by molar-refractivity contribution is -0.116. The molecule has 1 saturated carbocycles. The molecule has 1 aliphatic heterocycles. The number of piperidine rings is 1. The molecule has 0 radical (unpaired) electrons. The van der Waals surface area contributed by atoms with E-state index in [4.69, 9.17) is 0 Å². The molecule has 3 nitrogen and oxygen atoms in total. The highest BCUT2D eigenvalue weighted by Crippen LogP contribution is 2.36. The minimum atomic E-state index is 0.147. The second-order valence-corrected chi connectivity index (χ2v) is 7.05. The van der Waals surface area contributed by atoms with Crippen LogP contribution in [0.2, 0.25) is 0 Å². The molecule has 1 saturated heterocycles. The molecule has 2 unspecified atom stereocenters. The number of benzene rings is 1. The van der Waals surface area contributed by atoms with E-state index in [1.165, 1.54) is 44.2 Å². The number of amides is 1. The largest absolute Gasteiger partial charge is 0.326 e. The third-order valence-electron chi connectivity index (χ3n) is 5.40. The smallest absolute Gasteiger partial charge is 0.225 e. The number of anilines is 1. The van der Waals surface area contributed by atoms with Crippen LogP contribution in [0.25, 0.3) is 0 Å². The number of rotatable bonds is 4. The van der Waals surface area contributed by atoms with Crippen molar-refractivity contribution >= 4 is 11.6 Å². The first-order valence-corrected chi connectivity index (χ1v) is 8.74. The first kappa shape index (κ1) is 15.5. The van der Waals surface area contributed by atoms with Gasteiger partial charge in [0.2, 0.25) is 5.91 Å². The van der Waals surface area contributed by atoms with E-state index in [0.29, 0.717) is 6.42 Å². The molecule has 3 rings (SSSR count). The van der Waals surface area contributed by atoms with Gasteiger partial charge in [-0.1, -0.05) is 18.6 Å². The van der Waals surface area contributed by atoms with E-state index in [1.807, 2.05) is 6.92 Å². The minimum Gasteiger partial charge on any atom is -0.326 e. The molecule has 1 heterocycles. The number of hydrogen-bond donors (Lipinski definition) is 1. The van der Waals surface area contributed by atoms with E-state index in [0.717, 1.165) is 29.8 Å². The molecule has 1 aromatic rings. The molecule has 3 heteroatoms. The van der Waals surface area contributed by atoms with E-state index in [-0.39, 0.29) is 5.91 Å². The summed E-state index contributed by atoms with van der Waals surface area (Å²) in [4.78, 5) is 14.8. The van der Waals surface area contributed by atoms with Crippen LogP contribution in [0.4, 0.5) is 5.69 Å². The maximum Gasteiger partial charge on any atom is 0.225 e. The first-order valence-electron chi connectivity index (χ1n) is 8.74. The van der Waals surface area contributed by atoms with Crippen LogP contribution in [-0.2, 0) is 4.79 Å². The summed E-state index contributed by atoms with van der Waals surface area (Å²) in [7, 11) is 0. The van der Waals surface area contributed by atoms with Crippen molar-refractivity contribution in [3.63, 3.8) is 0 Å². The number of likely N-dealkylation sites (tertiary alicyclic amines) is 1. The summed E-state index contributed by atoms with van der Waals surface area (Å²) in [5.74, 6) is 1.05. The number of nitrogens with one attached hydrogen (secondary N) is 1. The molecule has 1 amide bonds. The lowest BCUT2D eigenvalue weighted by atomic mass is 9.92. The topological polar surface area (TPSA) is 32.3 Å². The number of carbonyl (C=O) groups excluding carboxylic acids is 1. The number of fused-ring (bicyclic) bond motifs is 1. The lowest BCUT2D eigenvalue weighted by Crippen LogP contribution is -2.43. The summed E-state index contributed by atoms with van der Waals surface area (Å²) >= 11 is 0. The summed E-state index contributed by atoms with van der Waals surface area (Å²) in [6, 6.07) is 6.96. The molecule has 0 spiro atoms. The van der Waals surface area contributed by atoms with Crippen LogP contribution >= 0.6 is 0 Å². The van der Waals surface area contributed by atoms with Crippen LogP contribution in [0.3, 0.4) is 0 Å². The van der Waals surface area contributed by atoms with Gasteiger partial charge in [0.1, 0.15) is 0 Å². The van der Waals surface area contributed by atoms with Gasteiger partial charge in [-0.25, -0.2) is 0 Å². The van der Waals surface area contributed by atoms with Crippen LogP contribution in [-0.4, -0.2) is 29.9 Å². The Morgan fingerprint density at radius 3 is 2.91 bits per heavy atom. The number of hydrogen-bond acceptors (Lipinski definition) is 2. The molecular formula is C19H28N2O. The highest BCUT2D eigenvalue weighted by atomic mass is 16.1. The maximum atomic E-state index is 12.3. The van der Waals surface area contributed by atoms with Crippen molar-refractivity contribution in [2.45, 2.75) is 58.4 Å². The van der Waals surface area contributed by atoms with Crippen molar-refractivity contribution in [3.05, 3.63) is 29.3 Å². The number of aryl methyl sites for hydroxylation is 2. The molecule has 1 N–H and O–H groups in total. The van der Waals surface area contributed by atoms with E-state index < -0.39 is 0 Å². The standard InChI is InChI=1S/C19H28N2O/c1-14-8-9-15(2)17(13-14)20-19(22)10-12-21-11-4-6-16-5-3-7-18(16)21/h8-9,13,16,18H,3-7,10-12H2,1-2H3,(H,20,22). The fourth-order valence-corrected chi connectivity index (χ4v) is 4.16. The summed E-state index contributed by atoms with van der Waals surface area (Å²) in [6.45, 7) is 6.20. The van der Waals surface area contributed by atoms with Crippen molar-refractivity contribution in [2.24, 2.45) is 5.92 Å². The zero-order valence-electron chi connectivity index (χ0n) is 13.9. The van der Waals surface area contributed by atoms with Crippen molar-refractivity contribution < 1.29 is 4.79 Å². The average Bonchev–Trinajstić information content (AvgIpc) is 2.98. The summed E-state index contributed by atoms with van der Waals surface area (Å²) in [5.41, 5.74) is 3.28. The van der Waals surface area contributed by atoms with Gasteiger partial charge in [0, 0.05) is 24.7 Å². The average molecular weight is 300 g/mol. The fraction of sp³-hybridized carbons (Fsp3) is 0.632. The third-order valence-corrected chi connectivity index (χ3v) is 5.40. The normalized spacial score (nSPS) is 25.0. The summed E-state index contributed by atoms with van der Waals surface area (Å²) < 4.78 is 0. The van der Waals surface area contributed by atoms with Gasteiger partial charge >= 0.3 is 0 Å². The highest BCUT2D eigenvalue weighted by molar-refractivity contribution is 5.91. The van der Waals surface area contributed by atoms with Crippen molar-refractivity contribution in [1.82, 2.24) is 4.90 Å². The Kier molecular flexibility index (Phi) is 4.82. The lowest BCUT2D eigenvalue weighted by Gasteiger charge is -2.37. The Bertz CT molecular complexity index is 540.